The third-order valence-corrected chi connectivity index (χ3v) is 4.00. The molecule has 1 unspecified atom stereocenters. The van der Waals surface area contributed by atoms with Crippen LogP contribution in [0.25, 0.3) is 0 Å². The molecule has 2 amide bonds. The minimum Gasteiger partial charge on any atom is -0.486 e. The molecule has 5 nitrogen and oxygen atoms in total. The summed E-state index contributed by atoms with van der Waals surface area (Å²) in [5.74, 6) is 1.46. The number of hydrogen-bond acceptors (Lipinski definition) is 3. The summed E-state index contributed by atoms with van der Waals surface area (Å²) >= 11 is 0. The average molecular weight is 326 g/mol. The maximum Gasteiger partial charge on any atom is 0.314 e. The molecule has 0 aromatic heterocycles. The smallest absolute Gasteiger partial charge is 0.314 e. The van der Waals surface area contributed by atoms with Crippen LogP contribution in [0.5, 0.6) is 11.5 Å². The van der Waals surface area contributed by atoms with Gasteiger partial charge >= 0.3 is 6.03 Å². The molecule has 24 heavy (non-hydrogen) atoms. The van der Waals surface area contributed by atoms with Gasteiger partial charge in [-0.15, -0.1) is 0 Å². The highest BCUT2D eigenvalue weighted by Gasteiger charge is 2.20. The van der Waals surface area contributed by atoms with Gasteiger partial charge < -0.3 is 20.1 Å². The van der Waals surface area contributed by atoms with Crippen molar-refractivity contribution in [2.24, 2.45) is 0 Å². The Morgan fingerprint density at radius 3 is 2.67 bits per heavy atom. The summed E-state index contributed by atoms with van der Waals surface area (Å²) in [7, 11) is 0. The molecule has 0 spiro atoms. The minimum atomic E-state index is -0.189. The fourth-order valence-corrected chi connectivity index (χ4v) is 2.63. The summed E-state index contributed by atoms with van der Waals surface area (Å²) in [5.41, 5.74) is 2.49. The van der Waals surface area contributed by atoms with E-state index in [9.17, 15) is 4.79 Å². The van der Waals surface area contributed by atoms with Crippen molar-refractivity contribution in [2.75, 3.05) is 19.7 Å². The molecule has 126 valence electrons. The molecule has 0 bridgehead atoms. The Balaban J connectivity index is 1.38. The van der Waals surface area contributed by atoms with Gasteiger partial charge in [0.1, 0.15) is 6.61 Å². The maximum absolute atomic E-state index is 11.9. The predicted molar refractivity (Wildman–Crippen MR) is 92.6 cm³/mol. The molecule has 5 heteroatoms. The van der Waals surface area contributed by atoms with E-state index in [4.69, 9.17) is 9.47 Å². The monoisotopic (exact) mass is 326 g/mol. The number of aryl methyl sites for hydroxylation is 1. The molecule has 0 aliphatic carbocycles. The van der Waals surface area contributed by atoms with Gasteiger partial charge in [0.05, 0.1) is 6.54 Å². The SMILES string of the molecule is Cc1ccccc1CCNC(=O)NCC1COc2ccccc2O1. The van der Waals surface area contributed by atoms with Crippen LogP contribution in [0.1, 0.15) is 11.1 Å². The molecular formula is C19H22N2O3. The van der Waals surface area contributed by atoms with Crippen molar-refractivity contribution in [3.8, 4) is 11.5 Å². The molecule has 0 fully saturated rings. The fraction of sp³-hybridized carbons (Fsp3) is 0.316. The molecule has 2 aromatic carbocycles. The second-order valence-corrected chi connectivity index (χ2v) is 5.81. The van der Waals surface area contributed by atoms with Gasteiger partial charge in [0.2, 0.25) is 0 Å². The Bertz CT molecular complexity index is 703. The molecule has 2 aromatic rings. The Hall–Kier alpha value is -2.69. The van der Waals surface area contributed by atoms with E-state index >= 15 is 0 Å². The second kappa shape index (κ2) is 7.73. The first-order valence-electron chi connectivity index (χ1n) is 8.17. The Morgan fingerprint density at radius 2 is 1.83 bits per heavy atom. The summed E-state index contributed by atoms with van der Waals surface area (Å²) in [4.78, 5) is 11.9. The number of rotatable bonds is 5. The number of nitrogens with one attached hydrogen (secondary N) is 2. The van der Waals surface area contributed by atoms with Crippen LogP contribution in [0.4, 0.5) is 4.79 Å². The topological polar surface area (TPSA) is 59.6 Å². The number of urea groups is 1. The van der Waals surface area contributed by atoms with Crippen LogP contribution in [-0.4, -0.2) is 31.8 Å². The van der Waals surface area contributed by atoms with Crippen molar-refractivity contribution in [1.29, 1.82) is 0 Å². The van der Waals surface area contributed by atoms with Crippen molar-refractivity contribution in [1.82, 2.24) is 10.6 Å². The summed E-state index contributed by atoms with van der Waals surface area (Å²) in [6, 6.07) is 15.5. The van der Waals surface area contributed by atoms with Gasteiger partial charge in [0.15, 0.2) is 17.6 Å². The van der Waals surface area contributed by atoms with E-state index < -0.39 is 0 Å². The zero-order valence-corrected chi connectivity index (χ0v) is 13.7. The first-order valence-corrected chi connectivity index (χ1v) is 8.17. The van der Waals surface area contributed by atoms with Crippen LogP contribution < -0.4 is 20.1 Å². The molecule has 0 saturated heterocycles. The standard InChI is InChI=1S/C19H22N2O3/c1-14-6-2-3-7-15(14)10-11-20-19(22)21-12-16-13-23-17-8-4-5-9-18(17)24-16/h2-9,16H,10-13H2,1H3,(H2,20,21,22). The molecule has 0 radical (unpaired) electrons. The molecule has 1 atom stereocenters. The van der Waals surface area contributed by atoms with Crippen molar-refractivity contribution >= 4 is 6.03 Å². The van der Waals surface area contributed by atoms with Gasteiger partial charge in [-0.1, -0.05) is 36.4 Å². The lowest BCUT2D eigenvalue weighted by atomic mass is 10.1. The molecule has 0 saturated carbocycles. The van der Waals surface area contributed by atoms with Crippen molar-refractivity contribution < 1.29 is 14.3 Å². The van der Waals surface area contributed by atoms with Gasteiger partial charge in [-0.05, 0) is 36.6 Å². The molecule has 3 rings (SSSR count). The zero-order valence-electron chi connectivity index (χ0n) is 13.7. The van der Waals surface area contributed by atoms with Crippen LogP contribution in [-0.2, 0) is 6.42 Å². The second-order valence-electron chi connectivity index (χ2n) is 5.81. The maximum atomic E-state index is 11.9. The van der Waals surface area contributed by atoms with Crippen LogP contribution >= 0.6 is 0 Å². The molecule has 1 heterocycles. The van der Waals surface area contributed by atoms with Gasteiger partial charge in [-0.25, -0.2) is 4.79 Å². The van der Waals surface area contributed by atoms with Crippen LogP contribution in [0, 0.1) is 6.92 Å². The van der Waals surface area contributed by atoms with E-state index in [0.29, 0.717) is 19.7 Å². The zero-order chi connectivity index (χ0) is 16.8. The Kier molecular flexibility index (Phi) is 5.21. The summed E-state index contributed by atoms with van der Waals surface area (Å²) in [6.45, 7) is 3.51. The van der Waals surface area contributed by atoms with Crippen LogP contribution in [0.2, 0.25) is 0 Å². The number of hydrogen-bond donors (Lipinski definition) is 2. The van der Waals surface area contributed by atoms with E-state index in [2.05, 4.69) is 29.7 Å². The summed E-state index contributed by atoms with van der Waals surface area (Å²) < 4.78 is 11.4. The first-order chi connectivity index (χ1) is 11.7. The number of amides is 2. The van der Waals surface area contributed by atoms with Crippen molar-refractivity contribution in [3.05, 3.63) is 59.7 Å². The fourth-order valence-electron chi connectivity index (χ4n) is 2.63. The number of carbonyl (C=O) groups excluding carboxylic acids is 1. The van der Waals surface area contributed by atoms with E-state index in [0.717, 1.165) is 17.9 Å². The highest BCUT2D eigenvalue weighted by molar-refractivity contribution is 5.73. The lowest BCUT2D eigenvalue weighted by Crippen LogP contribution is -2.44. The van der Waals surface area contributed by atoms with Crippen molar-refractivity contribution in [3.63, 3.8) is 0 Å². The first kappa shape index (κ1) is 16.2. The minimum absolute atomic E-state index is 0.179. The molecule has 1 aliphatic heterocycles. The largest absolute Gasteiger partial charge is 0.486 e. The van der Waals surface area contributed by atoms with Crippen LogP contribution in [0.3, 0.4) is 0 Å². The van der Waals surface area contributed by atoms with E-state index in [-0.39, 0.29) is 12.1 Å². The Labute approximate surface area is 142 Å². The lowest BCUT2D eigenvalue weighted by Gasteiger charge is -2.26. The average Bonchev–Trinajstić information content (AvgIpc) is 2.61. The van der Waals surface area contributed by atoms with E-state index in [1.165, 1.54) is 11.1 Å². The lowest BCUT2D eigenvalue weighted by molar-refractivity contribution is 0.0918. The molecule has 1 aliphatic rings. The number of para-hydroxylation sites is 2. The normalized spacial score (nSPS) is 15.6. The van der Waals surface area contributed by atoms with E-state index in [1.807, 2.05) is 36.4 Å². The third-order valence-electron chi connectivity index (χ3n) is 4.00. The van der Waals surface area contributed by atoms with Gasteiger partial charge in [-0.3, -0.25) is 0 Å². The number of fused-ring (bicyclic) bond motifs is 1. The molecule has 2 N–H and O–H groups in total. The van der Waals surface area contributed by atoms with Gasteiger partial charge in [-0.2, -0.15) is 0 Å². The van der Waals surface area contributed by atoms with E-state index in [1.54, 1.807) is 0 Å². The Morgan fingerprint density at radius 1 is 1.08 bits per heavy atom. The number of carbonyl (C=O) groups is 1. The number of ether oxygens (including phenoxy) is 2. The van der Waals surface area contributed by atoms with Crippen LogP contribution in [0.15, 0.2) is 48.5 Å². The predicted octanol–water partition coefficient (Wildman–Crippen LogP) is 2.68. The highest BCUT2D eigenvalue weighted by atomic mass is 16.6. The molecular weight excluding hydrogens is 304 g/mol. The highest BCUT2D eigenvalue weighted by Crippen LogP contribution is 2.30. The van der Waals surface area contributed by atoms with Crippen molar-refractivity contribution in [2.45, 2.75) is 19.4 Å². The summed E-state index contributed by atoms with van der Waals surface area (Å²) in [6.07, 6.45) is 0.637. The number of benzene rings is 2. The van der Waals surface area contributed by atoms with Gasteiger partial charge in [0, 0.05) is 6.54 Å². The third kappa shape index (κ3) is 4.19. The summed E-state index contributed by atoms with van der Waals surface area (Å²) in [5, 5.41) is 5.70. The van der Waals surface area contributed by atoms with Gasteiger partial charge in [0.25, 0.3) is 0 Å². The quantitative estimate of drug-likeness (QED) is 0.888.